The molecule has 1 aliphatic heterocycles. The molecule has 0 saturated heterocycles. The van der Waals surface area contributed by atoms with E-state index >= 15 is 0 Å². The first-order chi connectivity index (χ1) is 13.3. The second-order valence-corrected chi connectivity index (χ2v) is 5.50. The van der Waals surface area contributed by atoms with Crippen LogP contribution in [-0.2, 0) is 28.6 Å². The van der Waals surface area contributed by atoms with E-state index in [1.165, 1.54) is 32.4 Å². The third kappa shape index (κ3) is 5.37. The molecule has 148 valence electrons. The van der Waals surface area contributed by atoms with Gasteiger partial charge in [0, 0.05) is 18.5 Å². The summed E-state index contributed by atoms with van der Waals surface area (Å²) in [7, 11) is 2.34. The minimum atomic E-state index is -0.839. The smallest absolute Gasteiger partial charge is 0.355 e. The lowest BCUT2D eigenvalue weighted by Gasteiger charge is -2.12. The summed E-state index contributed by atoms with van der Waals surface area (Å²) in [6, 6.07) is 3.83. The Morgan fingerprint density at radius 2 is 1.61 bits per heavy atom. The highest BCUT2D eigenvalue weighted by Crippen LogP contribution is 2.17. The normalized spacial score (nSPS) is 12.9. The first kappa shape index (κ1) is 20.6. The molecule has 0 aromatic heterocycles. The highest BCUT2D eigenvalue weighted by molar-refractivity contribution is 6.37. The molecule has 0 fully saturated rings. The monoisotopic (exact) mass is 391 g/mol. The van der Waals surface area contributed by atoms with Gasteiger partial charge in [0.25, 0.3) is 5.91 Å². The fourth-order valence-electron chi connectivity index (χ4n) is 2.20. The highest BCUT2D eigenvalue weighted by Gasteiger charge is 2.21. The topological polar surface area (TPSA) is 149 Å². The number of nitrogens with zero attached hydrogens (tertiary/aromatic N) is 1. The predicted octanol–water partition coefficient (Wildman–Crippen LogP) is 0.00750. The molecule has 0 aliphatic carbocycles. The Labute approximate surface area is 159 Å². The summed E-state index contributed by atoms with van der Waals surface area (Å²) in [5.41, 5.74) is 2.28. The predicted molar refractivity (Wildman–Crippen MR) is 93.5 cm³/mol. The summed E-state index contributed by atoms with van der Waals surface area (Å²) in [6.45, 7) is -0.637. The van der Waals surface area contributed by atoms with E-state index in [0.29, 0.717) is 0 Å². The number of benzene rings is 1. The largest absolute Gasteiger partial charge is 0.465 e. The Morgan fingerprint density at radius 3 is 2.11 bits per heavy atom. The van der Waals surface area contributed by atoms with Gasteiger partial charge in [-0.2, -0.15) is 5.10 Å². The molecule has 1 heterocycles. The molecule has 0 spiro atoms. The van der Waals surface area contributed by atoms with Crippen molar-refractivity contribution >= 4 is 41.1 Å². The molecule has 1 aromatic rings. The van der Waals surface area contributed by atoms with Gasteiger partial charge in [-0.05, 0) is 18.2 Å². The van der Waals surface area contributed by atoms with Crippen LogP contribution in [0.3, 0.4) is 0 Å². The van der Waals surface area contributed by atoms with Gasteiger partial charge in [0.15, 0.2) is 6.61 Å². The SMILES string of the molecule is COC(=O)c1cc(NC(=O)COC(=O)C2=NNC(=O)CC2)cc(C(=O)OC)c1. The van der Waals surface area contributed by atoms with Crippen LogP contribution in [-0.4, -0.2) is 56.3 Å². The van der Waals surface area contributed by atoms with Gasteiger partial charge in [0.05, 0.1) is 25.3 Å². The second kappa shape index (κ2) is 9.26. The molecule has 0 saturated carbocycles. The number of carbonyl (C=O) groups excluding carboxylic acids is 5. The van der Waals surface area contributed by atoms with Gasteiger partial charge >= 0.3 is 17.9 Å². The summed E-state index contributed by atoms with van der Waals surface area (Å²) in [5.74, 6) is -3.31. The van der Waals surface area contributed by atoms with Gasteiger partial charge in [0.2, 0.25) is 5.91 Å². The summed E-state index contributed by atoms with van der Waals surface area (Å²) in [6.07, 6.45) is 0.201. The number of rotatable bonds is 6. The van der Waals surface area contributed by atoms with E-state index in [2.05, 4.69) is 25.3 Å². The second-order valence-electron chi connectivity index (χ2n) is 5.50. The molecular weight excluding hydrogens is 374 g/mol. The van der Waals surface area contributed by atoms with E-state index in [9.17, 15) is 24.0 Å². The number of methoxy groups -OCH3 is 2. The average molecular weight is 391 g/mol. The summed E-state index contributed by atoms with van der Waals surface area (Å²) >= 11 is 0. The molecule has 0 bridgehead atoms. The molecule has 2 N–H and O–H groups in total. The molecule has 2 rings (SSSR count). The van der Waals surface area contributed by atoms with Gasteiger partial charge in [-0.25, -0.2) is 19.8 Å². The van der Waals surface area contributed by atoms with Crippen LogP contribution in [0, 0.1) is 0 Å². The van der Waals surface area contributed by atoms with Gasteiger partial charge in [0.1, 0.15) is 5.71 Å². The lowest BCUT2D eigenvalue weighted by atomic mass is 10.1. The van der Waals surface area contributed by atoms with Crippen molar-refractivity contribution < 1.29 is 38.2 Å². The summed E-state index contributed by atoms with van der Waals surface area (Å²) < 4.78 is 14.0. The molecule has 0 radical (unpaired) electrons. The maximum Gasteiger partial charge on any atom is 0.355 e. The van der Waals surface area contributed by atoms with Crippen molar-refractivity contribution in [3.63, 3.8) is 0 Å². The number of nitrogens with one attached hydrogen (secondary N) is 2. The van der Waals surface area contributed by atoms with Gasteiger partial charge < -0.3 is 19.5 Å². The number of anilines is 1. The Hall–Kier alpha value is -3.76. The maximum atomic E-state index is 12.0. The Kier molecular flexibility index (Phi) is 6.79. The van der Waals surface area contributed by atoms with Crippen LogP contribution in [0.25, 0.3) is 0 Å². The van der Waals surface area contributed by atoms with Crippen molar-refractivity contribution in [3.05, 3.63) is 29.3 Å². The zero-order valence-electron chi connectivity index (χ0n) is 15.1. The van der Waals surface area contributed by atoms with E-state index in [0.717, 1.165) is 0 Å². The van der Waals surface area contributed by atoms with Gasteiger partial charge in [-0.15, -0.1) is 0 Å². The van der Waals surface area contributed by atoms with Crippen molar-refractivity contribution in [2.75, 3.05) is 26.1 Å². The number of amides is 2. The Morgan fingerprint density at radius 1 is 1.00 bits per heavy atom. The van der Waals surface area contributed by atoms with E-state index < -0.39 is 30.4 Å². The molecule has 1 aliphatic rings. The van der Waals surface area contributed by atoms with Crippen molar-refractivity contribution in [3.8, 4) is 0 Å². The Balaban J connectivity index is 2.04. The van der Waals surface area contributed by atoms with Crippen LogP contribution in [0.5, 0.6) is 0 Å². The van der Waals surface area contributed by atoms with Crippen LogP contribution in [0.4, 0.5) is 5.69 Å². The minimum Gasteiger partial charge on any atom is -0.465 e. The van der Waals surface area contributed by atoms with Crippen LogP contribution in [0.1, 0.15) is 33.6 Å². The third-order valence-corrected chi connectivity index (χ3v) is 3.53. The lowest BCUT2D eigenvalue weighted by molar-refractivity contribution is -0.140. The van der Waals surface area contributed by atoms with Crippen LogP contribution < -0.4 is 10.7 Å². The van der Waals surface area contributed by atoms with Crippen LogP contribution >= 0.6 is 0 Å². The first-order valence-corrected chi connectivity index (χ1v) is 7.98. The standard InChI is InChI=1S/C17H17N3O8/c1-26-15(23)9-5-10(16(24)27-2)7-11(6-9)18-14(22)8-28-17(25)12-3-4-13(21)20-19-12/h5-7H,3-4,8H2,1-2H3,(H,18,22)(H,20,21). The van der Waals surface area contributed by atoms with Crippen molar-refractivity contribution in [1.82, 2.24) is 5.43 Å². The van der Waals surface area contributed by atoms with E-state index in [1.54, 1.807) is 0 Å². The zero-order chi connectivity index (χ0) is 20.7. The van der Waals surface area contributed by atoms with E-state index in [1.807, 2.05) is 0 Å². The summed E-state index contributed by atoms with van der Waals surface area (Å²) in [4.78, 5) is 58.3. The van der Waals surface area contributed by atoms with E-state index in [4.69, 9.17) is 4.74 Å². The van der Waals surface area contributed by atoms with Crippen LogP contribution in [0.2, 0.25) is 0 Å². The third-order valence-electron chi connectivity index (χ3n) is 3.53. The molecule has 0 atom stereocenters. The maximum absolute atomic E-state index is 12.0. The average Bonchev–Trinajstić information content (AvgIpc) is 2.70. The molecule has 11 heteroatoms. The minimum absolute atomic E-state index is 0.00642. The van der Waals surface area contributed by atoms with Gasteiger partial charge in [-0.1, -0.05) is 0 Å². The zero-order valence-corrected chi connectivity index (χ0v) is 15.1. The molecule has 0 unspecified atom stereocenters. The molecule has 2 amide bonds. The Bertz CT molecular complexity index is 828. The lowest BCUT2D eigenvalue weighted by Crippen LogP contribution is -2.32. The molecule has 1 aromatic carbocycles. The number of carbonyl (C=O) groups is 5. The quantitative estimate of drug-likeness (QED) is 0.508. The van der Waals surface area contributed by atoms with E-state index in [-0.39, 0.29) is 41.3 Å². The van der Waals surface area contributed by atoms with Crippen LogP contribution in [0.15, 0.2) is 23.3 Å². The molecular formula is C17H17N3O8. The van der Waals surface area contributed by atoms with Crippen molar-refractivity contribution in [1.29, 1.82) is 0 Å². The first-order valence-electron chi connectivity index (χ1n) is 7.98. The number of esters is 3. The van der Waals surface area contributed by atoms with Gasteiger partial charge in [-0.3, -0.25) is 9.59 Å². The number of hydrogen-bond donors (Lipinski definition) is 2. The fraction of sp³-hybridized carbons (Fsp3) is 0.294. The molecule has 28 heavy (non-hydrogen) atoms. The van der Waals surface area contributed by atoms with Crippen molar-refractivity contribution in [2.24, 2.45) is 5.10 Å². The number of ether oxygens (including phenoxy) is 3. The number of hydrogen-bond acceptors (Lipinski definition) is 9. The fourth-order valence-corrected chi connectivity index (χ4v) is 2.20. The van der Waals surface area contributed by atoms with Crippen molar-refractivity contribution in [2.45, 2.75) is 12.8 Å². The summed E-state index contributed by atoms with van der Waals surface area (Å²) in [5, 5.41) is 5.97. The molecule has 11 nitrogen and oxygen atoms in total. The highest BCUT2D eigenvalue weighted by atomic mass is 16.5. The number of hydrazone groups is 1.